The third-order valence-electron chi connectivity index (χ3n) is 4.82. The molecule has 1 fully saturated rings. The van der Waals surface area contributed by atoms with E-state index < -0.39 is 5.91 Å². The first-order valence-electron chi connectivity index (χ1n) is 7.55. The molecule has 1 spiro atoms. The lowest BCUT2D eigenvalue weighted by Gasteiger charge is -2.43. The zero-order valence-corrected chi connectivity index (χ0v) is 11.9. The second-order valence-corrected chi connectivity index (χ2v) is 6.05. The largest absolute Gasteiger partial charge is 0.450 e. The Morgan fingerprint density at radius 3 is 2.81 bits per heavy atom. The van der Waals surface area contributed by atoms with Crippen LogP contribution in [0, 0.1) is 0 Å². The van der Waals surface area contributed by atoms with E-state index in [1.807, 2.05) is 6.07 Å². The van der Waals surface area contributed by atoms with E-state index in [1.165, 1.54) is 24.8 Å². The molecule has 21 heavy (non-hydrogen) atoms. The van der Waals surface area contributed by atoms with Gasteiger partial charge in [-0.1, -0.05) is 19.3 Å². The minimum Gasteiger partial charge on any atom is -0.450 e. The van der Waals surface area contributed by atoms with Crippen LogP contribution in [-0.4, -0.2) is 12.6 Å². The van der Waals surface area contributed by atoms with Crippen molar-refractivity contribution in [1.29, 1.82) is 0 Å². The highest BCUT2D eigenvalue weighted by atomic mass is 16.3. The summed E-state index contributed by atoms with van der Waals surface area (Å²) in [6, 6.07) is 5.80. The van der Waals surface area contributed by atoms with Gasteiger partial charge in [0.1, 0.15) is 5.58 Å². The lowest BCUT2D eigenvalue weighted by atomic mass is 9.74. The van der Waals surface area contributed by atoms with Gasteiger partial charge in [-0.2, -0.15) is 0 Å². The normalized spacial score (nSPS) is 20.2. The van der Waals surface area contributed by atoms with Crippen LogP contribution in [0.1, 0.15) is 48.2 Å². The predicted molar refractivity (Wildman–Crippen MR) is 81.1 cm³/mol. The first kappa shape index (κ1) is 12.7. The Hall–Kier alpha value is -2.01. The van der Waals surface area contributed by atoms with E-state index in [1.54, 1.807) is 6.07 Å². The van der Waals surface area contributed by atoms with Gasteiger partial charge in [0.2, 0.25) is 0 Å². The van der Waals surface area contributed by atoms with Crippen LogP contribution in [0.5, 0.6) is 0 Å². The number of nitrogens with one attached hydrogen (secondary N) is 2. The highest BCUT2D eigenvalue weighted by molar-refractivity contribution is 5.97. The summed E-state index contributed by atoms with van der Waals surface area (Å²) in [7, 11) is 0. The zero-order chi connectivity index (χ0) is 14.4. The first-order valence-corrected chi connectivity index (χ1v) is 7.55. The van der Waals surface area contributed by atoms with E-state index in [0.717, 1.165) is 36.2 Å². The molecule has 2 aliphatic rings. The lowest BCUT2D eigenvalue weighted by molar-refractivity contribution is 0.0975. The van der Waals surface area contributed by atoms with Crippen LogP contribution in [0.4, 0.5) is 5.69 Å². The summed E-state index contributed by atoms with van der Waals surface area (Å²) in [5.41, 5.74) is 8.39. The van der Waals surface area contributed by atoms with Gasteiger partial charge < -0.3 is 15.5 Å². The molecule has 0 radical (unpaired) electrons. The number of carbonyl (C=O) groups excluding carboxylic acids is 1. The quantitative estimate of drug-likeness (QED) is 0.752. The van der Waals surface area contributed by atoms with Crippen molar-refractivity contribution < 1.29 is 9.21 Å². The van der Waals surface area contributed by atoms with E-state index in [0.29, 0.717) is 0 Å². The van der Waals surface area contributed by atoms with Crippen LogP contribution < -0.4 is 16.4 Å². The predicted octanol–water partition coefficient (Wildman–Crippen LogP) is 2.66. The van der Waals surface area contributed by atoms with E-state index >= 15 is 0 Å². The van der Waals surface area contributed by atoms with E-state index in [9.17, 15) is 4.79 Å². The Kier molecular flexibility index (Phi) is 2.72. The van der Waals surface area contributed by atoms with Gasteiger partial charge in [-0.15, -0.1) is 0 Å². The molecular weight excluding hydrogens is 266 g/mol. The van der Waals surface area contributed by atoms with Crippen LogP contribution in [-0.2, 0) is 5.54 Å². The SMILES string of the molecule is NC(=O)c1cc2ccc3c(c2o1)C1(CCCCC1)NCN3. The summed E-state index contributed by atoms with van der Waals surface area (Å²) in [5.74, 6) is -0.288. The average molecular weight is 285 g/mol. The molecular formula is C16H19N3O2. The number of hydrogen-bond donors (Lipinski definition) is 3. The fourth-order valence-electron chi connectivity index (χ4n) is 3.83. The van der Waals surface area contributed by atoms with Gasteiger partial charge in [0.05, 0.1) is 12.2 Å². The smallest absolute Gasteiger partial charge is 0.284 e. The number of carbonyl (C=O) groups is 1. The number of anilines is 1. The second kappa shape index (κ2) is 4.49. The molecule has 4 N–H and O–H groups in total. The molecule has 2 heterocycles. The molecule has 4 rings (SSSR count). The van der Waals surface area contributed by atoms with Crippen LogP contribution in [0.15, 0.2) is 22.6 Å². The van der Waals surface area contributed by atoms with Gasteiger partial charge in [-0.05, 0) is 31.0 Å². The van der Waals surface area contributed by atoms with E-state index in [-0.39, 0.29) is 11.3 Å². The van der Waals surface area contributed by atoms with Gasteiger partial charge in [0.15, 0.2) is 5.76 Å². The maximum atomic E-state index is 11.4. The van der Waals surface area contributed by atoms with Crippen LogP contribution in [0.2, 0.25) is 0 Å². The van der Waals surface area contributed by atoms with Crippen molar-refractivity contribution in [2.24, 2.45) is 5.73 Å². The van der Waals surface area contributed by atoms with Crippen LogP contribution in [0.25, 0.3) is 11.0 Å². The van der Waals surface area contributed by atoms with Gasteiger partial charge in [0, 0.05) is 16.6 Å². The van der Waals surface area contributed by atoms with Crippen molar-refractivity contribution in [2.45, 2.75) is 37.6 Å². The summed E-state index contributed by atoms with van der Waals surface area (Å²) in [5, 5.41) is 7.95. The van der Waals surface area contributed by atoms with Crippen molar-refractivity contribution in [1.82, 2.24) is 5.32 Å². The number of fused-ring (bicyclic) bond motifs is 4. The summed E-state index contributed by atoms with van der Waals surface area (Å²) in [6.45, 7) is 0.766. The number of furan rings is 1. The minimum atomic E-state index is -0.519. The first-order chi connectivity index (χ1) is 10.2. The molecule has 1 saturated carbocycles. The van der Waals surface area contributed by atoms with Crippen LogP contribution in [0.3, 0.4) is 0 Å². The lowest BCUT2D eigenvalue weighted by Crippen LogP contribution is -2.49. The van der Waals surface area contributed by atoms with Crippen LogP contribution >= 0.6 is 0 Å². The van der Waals surface area contributed by atoms with Gasteiger partial charge in [-0.25, -0.2) is 0 Å². The third-order valence-corrected chi connectivity index (χ3v) is 4.82. The molecule has 5 nitrogen and oxygen atoms in total. The summed E-state index contributed by atoms with van der Waals surface area (Å²) in [6.07, 6.45) is 5.92. The number of hydrogen-bond acceptors (Lipinski definition) is 4. The van der Waals surface area contributed by atoms with Gasteiger partial charge >= 0.3 is 0 Å². The third kappa shape index (κ3) is 1.84. The number of amides is 1. The summed E-state index contributed by atoms with van der Waals surface area (Å²) in [4.78, 5) is 11.4. The van der Waals surface area contributed by atoms with Crippen molar-refractivity contribution in [2.75, 3.05) is 12.0 Å². The molecule has 1 aromatic heterocycles. The van der Waals surface area contributed by atoms with Gasteiger partial charge in [0.25, 0.3) is 5.91 Å². The minimum absolute atomic E-state index is 0.0366. The fraction of sp³-hybridized carbons (Fsp3) is 0.438. The molecule has 110 valence electrons. The summed E-state index contributed by atoms with van der Waals surface area (Å²) >= 11 is 0. The molecule has 1 aliphatic carbocycles. The molecule has 0 saturated heterocycles. The second-order valence-electron chi connectivity index (χ2n) is 6.05. The fourth-order valence-corrected chi connectivity index (χ4v) is 3.83. The van der Waals surface area contributed by atoms with E-state index in [4.69, 9.17) is 10.2 Å². The topological polar surface area (TPSA) is 80.3 Å². The van der Waals surface area contributed by atoms with Crippen molar-refractivity contribution in [3.63, 3.8) is 0 Å². The molecule has 0 atom stereocenters. The Labute approximate surface area is 122 Å². The Morgan fingerprint density at radius 1 is 1.24 bits per heavy atom. The molecule has 5 heteroatoms. The summed E-state index contributed by atoms with van der Waals surface area (Å²) < 4.78 is 5.80. The van der Waals surface area contributed by atoms with Crippen molar-refractivity contribution in [3.8, 4) is 0 Å². The number of benzene rings is 1. The number of rotatable bonds is 1. The Balaban J connectivity index is 1.96. The standard InChI is InChI=1S/C16H19N3O2/c17-15(20)12-8-10-4-5-11-13(14(10)21-12)16(19-9-18-11)6-2-1-3-7-16/h4-5,8,18-19H,1-3,6-7,9H2,(H2,17,20). The molecule has 1 amide bonds. The number of nitrogens with two attached hydrogens (primary N) is 1. The van der Waals surface area contributed by atoms with Gasteiger partial charge in [-0.3, -0.25) is 10.1 Å². The molecule has 1 aromatic carbocycles. The number of primary amides is 1. The monoisotopic (exact) mass is 285 g/mol. The highest BCUT2D eigenvalue weighted by Crippen LogP contribution is 2.45. The molecule has 0 bridgehead atoms. The molecule has 2 aromatic rings. The van der Waals surface area contributed by atoms with Crippen molar-refractivity contribution >= 4 is 22.6 Å². The Morgan fingerprint density at radius 2 is 2.05 bits per heavy atom. The zero-order valence-electron chi connectivity index (χ0n) is 11.9. The maximum Gasteiger partial charge on any atom is 0.284 e. The maximum absolute atomic E-state index is 11.4. The Bertz CT molecular complexity index is 714. The highest BCUT2D eigenvalue weighted by Gasteiger charge is 2.40. The van der Waals surface area contributed by atoms with Crippen molar-refractivity contribution in [3.05, 3.63) is 29.5 Å². The molecule has 1 aliphatic heterocycles. The molecule has 0 unspecified atom stereocenters. The average Bonchev–Trinajstić information content (AvgIpc) is 2.92. The van der Waals surface area contributed by atoms with E-state index in [2.05, 4.69) is 16.7 Å².